The lowest BCUT2D eigenvalue weighted by atomic mass is 10.1. The van der Waals surface area contributed by atoms with Crippen LogP contribution in [-0.2, 0) is 11.3 Å². The maximum atomic E-state index is 12.9. The summed E-state index contributed by atoms with van der Waals surface area (Å²) in [4.78, 5) is 11.6. The molecular formula is C18H21FN2O2. The van der Waals surface area contributed by atoms with Gasteiger partial charge in [-0.25, -0.2) is 4.39 Å². The normalized spacial score (nSPS) is 11.8. The molecule has 3 N–H and O–H groups in total. The Morgan fingerprint density at radius 1 is 1.26 bits per heavy atom. The second-order valence-electron chi connectivity index (χ2n) is 5.61. The summed E-state index contributed by atoms with van der Waals surface area (Å²) in [6.07, 6.45) is 0.310. The first-order valence-electron chi connectivity index (χ1n) is 7.49. The molecule has 2 rings (SSSR count). The topological polar surface area (TPSA) is 64.4 Å². The molecule has 0 fully saturated rings. The van der Waals surface area contributed by atoms with Crippen LogP contribution >= 0.6 is 0 Å². The number of hydrogen-bond donors (Lipinski definition) is 2. The van der Waals surface area contributed by atoms with Gasteiger partial charge in [0.2, 0.25) is 5.91 Å². The predicted octanol–water partition coefficient (Wildman–Crippen LogP) is 3.28. The van der Waals surface area contributed by atoms with Gasteiger partial charge in [0.05, 0.1) is 0 Å². The molecule has 0 aliphatic carbocycles. The Kier molecular flexibility index (Phi) is 5.71. The van der Waals surface area contributed by atoms with Gasteiger partial charge in [-0.05, 0) is 55.3 Å². The van der Waals surface area contributed by atoms with E-state index in [9.17, 15) is 9.18 Å². The van der Waals surface area contributed by atoms with Crippen molar-refractivity contribution in [3.8, 4) is 11.5 Å². The second kappa shape index (κ2) is 7.74. The molecule has 0 saturated heterocycles. The van der Waals surface area contributed by atoms with Crippen LogP contribution in [-0.4, -0.2) is 11.9 Å². The highest BCUT2D eigenvalue weighted by molar-refractivity contribution is 5.76. The van der Waals surface area contributed by atoms with E-state index >= 15 is 0 Å². The molecule has 0 heterocycles. The molecule has 2 aromatic carbocycles. The van der Waals surface area contributed by atoms with Gasteiger partial charge in [0, 0.05) is 19.0 Å². The summed E-state index contributed by atoms with van der Waals surface area (Å²) in [5, 5.41) is 2.83. The Morgan fingerprint density at radius 3 is 2.57 bits per heavy atom. The van der Waals surface area contributed by atoms with Crippen molar-refractivity contribution in [3.05, 3.63) is 59.4 Å². The van der Waals surface area contributed by atoms with Crippen molar-refractivity contribution in [2.75, 3.05) is 0 Å². The molecule has 0 spiro atoms. The molecule has 0 aliphatic rings. The molecule has 1 amide bonds. The molecule has 1 unspecified atom stereocenters. The fourth-order valence-electron chi connectivity index (χ4n) is 2.13. The molecular weight excluding hydrogens is 295 g/mol. The van der Waals surface area contributed by atoms with Gasteiger partial charge in [0.1, 0.15) is 17.3 Å². The van der Waals surface area contributed by atoms with Crippen molar-refractivity contribution < 1.29 is 13.9 Å². The van der Waals surface area contributed by atoms with Crippen LogP contribution in [0.5, 0.6) is 11.5 Å². The summed E-state index contributed by atoms with van der Waals surface area (Å²) in [6.45, 7) is 4.17. The number of halogens is 1. The largest absolute Gasteiger partial charge is 0.457 e. The number of nitrogens with two attached hydrogens (primary N) is 1. The number of ether oxygens (including phenoxy) is 1. The molecule has 122 valence electrons. The van der Waals surface area contributed by atoms with E-state index < -0.39 is 0 Å². The summed E-state index contributed by atoms with van der Waals surface area (Å²) in [6, 6.07) is 11.4. The lowest BCUT2D eigenvalue weighted by Crippen LogP contribution is -2.29. The highest BCUT2D eigenvalue weighted by Gasteiger charge is 2.07. The summed E-state index contributed by atoms with van der Waals surface area (Å²) in [5.41, 5.74) is 7.50. The highest BCUT2D eigenvalue weighted by atomic mass is 19.1. The lowest BCUT2D eigenvalue weighted by Gasteiger charge is -2.11. The first-order valence-corrected chi connectivity index (χ1v) is 7.49. The average molecular weight is 316 g/mol. The molecule has 23 heavy (non-hydrogen) atoms. The SMILES string of the molecule is Cc1cc(CNC(=O)CC(C)N)ccc1Oc1ccc(F)cc1. The van der Waals surface area contributed by atoms with Crippen molar-refractivity contribution in [2.24, 2.45) is 5.73 Å². The number of aryl methyl sites for hydroxylation is 1. The monoisotopic (exact) mass is 316 g/mol. The molecule has 5 heteroatoms. The molecule has 0 aliphatic heterocycles. The van der Waals surface area contributed by atoms with E-state index in [1.54, 1.807) is 19.1 Å². The first-order chi connectivity index (χ1) is 10.9. The minimum atomic E-state index is -0.299. The molecule has 0 radical (unpaired) electrons. The van der Waals surface area contributed by atoms with E-state index in [0.29, 0.717) is 24.5 Å². The minimum absolute atomic E-state index is 0.0655. The number of amides is 1. The summed E-state index contributed by atoms with van der Waals surface area (Å²) in [5.74, 6) is 0.908. The molecule has 0 saturated carbocycles. The molecule has 0 bridgehead atoms. The van der Waals surface area contributed by atoms with E-state index in [4.69, 9.17) is 10.5 Å². The fourth-order valence-corrected chi connectivity index (χ4v) is 2.13. The number of nitrogens with one attached hydrogen (secondary N) is 1. The zero-order chi connectivity index (χ0) is 16.8. The molecule has 4 nitrogen and oxygen atoms in total. The number of rotatable bonds is 6. The van der Waals surface area contributed by atoms with Gasteiger partial charge in [-0.15, -0.1) is 0 Å². The minimum Gasteiger partial charge on any atom is -0.457 e. The van der Waals surface area contributed by atoms with Crippen molar-refractivity contribution in [2.45, 2.75) is 32.9 Å². The zero-order valence-electron chi connectivity index (χ0n) is 13.3. The van der Waals surface area contributed by atoms with Crippen molar-refractivity contribution >= 4 is 5.91 Å². The van der Waals surface area contributed by atoms with Crippen LogP contribution in [0.25, 0.3) is 0 Å². The lowest BCUT2D eigenvalue weighted by molar-refractivity contribution is -0.121. The van der Waals surface area contributed by atoms with Crippen LogP contribution < -0.4 is 15.8 Å². The number of carbonyl (C=O) groups is 1. The van der Waals surface area contributed by atoms with E-state index in [1.165, 1.54) is 12.1 Å². The summed E-state index contributed by atoms with van der Waals surface area (Å²) in [7, 11) is 0. The predicted molar refractivity (Wildman–Crippen MR) is 87.8 cm³/mol. The Balaban J connectivity index is 1.97. The van der Waals surface area contributed by atoms with E-state index in [2.05, 4.69) is 5.32 Å². The van der Waals surface area contributed by atoms with E-state index in [-0.39, 0.29) is 17.8 Å². The first kappa shape index (κ1) is 17.0. The highest BCUT2D eigenvalue weighted by Crippen LogP contribution is 2.25. The maximum Gasteiger partial charge on any atom is 0.221 e. The van der Waals surface area contributed by atoms with Crippen LogP contribution in [0.2, 0.25) is 0 Å². The Bertz CT molecular complexity index is 669. The summed E-state index contributed by atoms with van der Waals surface area (Å²) < 4.78 is 18.6. The average Bonchev–Trinajstić information content (AvgIpc) is 2.49. The van der Waals surface area contributed by atoms with Crippen LogP contribution in [0.4, 0.5) is 4.39 Å². The van der Waals surface area contributed by atoms with Gasteiger partial charge in [0.25, 0.3) is 0 Å². The molecule has 2 aromatic rings. The van der Waals surface area contributed by atoms with Gasteiger partial charge in [-0.1, -0.05) is 12.1 Å². The quantitative estimate of drug-likeness (QED) is 0.859. The van der Waals surface area contributed by atoms with Crippen LogP contribution in [0.1, 0.15) is 24.5 Å². The molecule has 0 aromatic heterocycles. The molecule has 1 atom stereocenters. The number of hydrogen-bond acceptors (Lipinski definition) is 3. The number of benzene rings is 2. The van der Waals surface area contributed by atoms with E-state index in [0.717, 1.165) is 11.1 Å². The van der Waals surface area contributed by atoms with Crippen molar-refractivity contribution in [1.82, 2.24) is 5.32 Å². The van der Waals surface area contributed by atoms with Gasteiger partial charge in [-0.2, -0.15) is 0 Å². The smallest absolute Gasteiger partial charge is 0.221 e. The Morgan fingerprint density at radius 2 is 1.96 bits per heavy atom. The van der Waals surface area contributed by atoms with Gasteiger partial charge in [0.15, 0.2) is 0 Å². The summed E-state index contributed by atoms with van der Waals surface area (Å²) >= 11 is 0. The van der Waals surface area contributed by atoms with Gasteiger partial charge < -0.3 is 15.8 Å². The van der Waals surface area contributed by atoms with Crippen molar-refractivity contribution in [3.63, 3.8) is 0 Å². The Hall–Kier alpha value is -2.40. The fraction of sp³-hybridized carbons (Fsp3) is 0.278. The van der Waals surface area contributed by atoms with Crippen LogP contribution in [0.3, 0.4) is 0 Å². The van der Waals surface area contributed by atoms with Gasteiger partial charge in [-0.3, -0.25) is 4.79 Å². The second-order valence-corrected chi connectivity index (χ2v) is 5.61. The van der Waals surface area contributed by atoms with Crippen LogP contribution in [0, 0.1) is 12.7 Å². The third kappa shape index (κ3) is 5.38. The standard InChI is InChI=1S/C18H21FN2O2/c1-12-9-14(11-21-18(22)10-13(2)20)3-8-17(12)23-16-6-4-15(19)5-7-16/h3-9,13H,10-11,20H2,1-2H3,(H,21,22). The maximum absolute atomic E-state index is 12.9. The van der Waals surface area contributed by atoms with Crippen molar-refractivity contribution in [1.29, 1.82) is 0 Å². The Labute approximate surface area is 135 Å². The number of carbonyl (C=O) groups excluding carboxylic acids is 1. The van der Waals surface area contributed by atoms with Crippen LogP contribution in [0.15, 0.2) is 42.5 Å². The third-order valence-electron chi connectivity index (χ3n) is 3.28. The van der Waals surface area contributed by atoms with Gasteiger partial charge >= 0.3 is 0 Å². The zero-order valence-corrected chi connectivity index (χ0v) is 13.3. The third-order valence-corrected chi connectivity index (χ3v) is 3.28. The van der Waals surface area contributed by atoms with E-state index in [1.807, 2.05) is 25.1 Å².